The highest BCUT2D eigenvalue weighted by atomic mass is 16.2. The van der Waals surface area contributed by atoms with E-state index >= 15 is 0 Å². The van der Waals surface area contributed by atoms with Gasteiger partial charge in [-0.05, 0) is 36.1 Å². The van der Waals surface area contributed by atoms with Crippen LogP contribution in [0.25, 0.3) is 11.0 Å². The third-order valence-corrected chi connectivity index (χ3v) is 6.42. The lowest BCUT2D eigenvalue weighted by Gasteiger charge is -2.32. The number of hydrogen-bond acceptors (Lipinski definition) is 4. The molecule has 1 aromatic heterocycles. The number of nitrogens with zero attached hydrogens (tertiary/aromatic N) is 3. The molecule has 0 bridgehead atoms. The molecule has 4 aromatic rings. The molecule has 1 saturated heterocycles. The maximum atomic E-state index is 13.6. The largest absolute Gasteiger partial charge is 0.352 e. The number of amides is 1. The number of benzene rings is 3. The Morgan fingerprint density at radius 3 is 2.35 bits per heavy atom. The molecule has 2 heterocycles. The van der Waals surface area contributed by atoms with E-state index in [0.717, 1.165) is 35.0 Å². The third-order valence-electron chi connectivity index (χ3n) is 6.42. The Morgan fingerprint density at radius 2 is 1.59 bits per heavy atom. The third kappa shape index (κ3) is 4.71. The fraction of sp³-hybridized carbons (Fsp3) is 0.250. The number of anilines is 1. The molecule has 3 aromatic carbocycles. The van der Waals surface area contributed by atoms with E-state index in [-0.39, 0.29) is 17.4 Å². The smallest absolute Gasteiger partial charge is 0.294 e. The molecule has 0 radical (unpaired) electrons. The zero-order chi connectivity index (χ0) is 23.3. The Labute approximate surface area is 198 Å². The van der Waals surface area contributed by atoms with Crippen LogP contribution in [0.4, 0.5) is 5.82 Å². The van der Waals surface area contributed by atoms with Gasteiger partial charge >= 0.3 is 0 Å². The van der Waals surface area contributed by atoms with Crippen LogP contribution in [0.1, 0.15) is 24.0 Å². The van der Waals surface area contributed by atoms with Crippen molar-refractivity contribution in [3.63, 3.8) is 0 Å². The van der Waals surface area contributed by atoms with Crippen LogP contribution in [0.2, 0.25) is 0 Å². The molecule has 172 valence electrons. The van der Waals surface area contributed by atoms with Crippen molar-refractivity contribution in [3.8, 4) is 0 Å². The first kappa shape index (κ1) is 21.9. The van der Waals surface area contributed by atoms with E-state index in [9.17, 15) is 9.59 Å². The fourth-order valence-electron chi connectivity index (χ4n) is 4.62. The number of nitrogens with one attached hydrogen (secondary N) is 1. The zero-order valence-corrected chi connectivity index (χ0v) is 19.1. The number of para-hydroxylation sites is 2. The van der Waals surface area contributed by atoms with Gasteiger partial charge in [0.25, 0.3) is 5.56 Å². The summed E-state index contributed by atoms with van der Waals surface area (Å²) in [6.07, 6.45) is 1.65. The Kier molecular flexibility index (Phi) is 6.38. The molecule has 6 heteroatoms. The van der Waals surface area contributed by atoms with Crippen molar-refractivity contribution in [1.82, 2.24) is 14.9 Å². The second-order valence-electron chi connectivity index (χ2n) is 8.79. The molecule has 1 atom stereocenters. The van der Waals surface area contributed by atoms with E-state index in [4.69, 9.17) is 4.98 Å². The Hall–Kier alpha value is -3.93. The first-order valence-corrected chi connectivity index (χ1v) is 11.8. The summed E-state index contributed by atoms with van der Waals surface area (Å²) in [5.41, 5.74) is 3.61. The van der Waals surface area contributed by atoms with Gasteiger partial charge in [0.15, 0.2) is 5.82 Å². The van der Waals surface area contributed by atoms with Crippen molar-refractivity contribution in [2.45, 2.75) is 25.9 Å². The van der Waals surface area contributed by atoms with Crippen LogP contribution in [0.5, 0.6) is 0 Å². The van der Waals surface area contributed by atoms with Crippen LogP contribution in [0, 0.1) is 5.92 Å². The molecule has 34 heavy (non-hydrogen) atoms. The molecule has 1 amide bonds. The molecule has 6 nitrogen and oxygen atoms in total. The van der Waals surface area contributed by atoms with Crippen molar-refractivity contribution in [1.29, 1.82) is 0 Å². The summed E-state index contributed by atoms with van der Waals surface area (Å²) < 4.78 is 1.80. The molecule has 0 unspecified atom stereocenters. The Balaban J connectivity index is 1.40. The lowest BCUT2D eigenvalue weighted by Crippen LogP contribution is -2.45. The van der Waals surface area contributed by atoms with Crippen molar-refractivity contribution in [3.05, 3.63) is 106 Å². The summed E-state index contributed by atoms with van der Waals surface area (Å²) in [4.78, 5) is 33.3. The monoisotopic (exact) mass is 452 g/mol. The van der Waals surface area contributed by atoms with Gasteiger partial charge < -0.3 is 10.2 Å². The standard InChI is InChI=1S/C28H28N4O2/c33-27(29-18-21-10-3-1-4-11-21)23-14-9-17-31(20-23)26-28(34)32(19-22-12-5-2-6-13-22)25-16-8-7-15-24(25)30-26/h1-8,10-13,15-16,23H,9,14,17-20H2,(H,29,33)/t23-/m1/s1. The van der Waals surface area contributed by atoms with Crippen molar-refractivity contribution in [2.24, 2.45) is 5.92 Å². The average molecular weight is 453 g/mol. The highest BCUT2D eigenvalue weighted by Crippen LogP contribution is 2.22. The van der Waals surface area contributed by atoms with Gasteiger partial charge in [-0.15, -0.1) is 0 Å². The Bertz CT molecular complexity index is 1340. The summed E-state index contributed by atoms with van der Waals surface area (Å²) in [5, 5.41) is 3.06. The number of hydrogen-bond donors (Lipinski definition) is 1. The number of aromatic nitrogens is 2. The molecule has 1 fully saturated rings. The van der Waals surface area contributed by atoms with Gasteiger partial charge in [-0.25, -0.2) is 4.98 Å². The predicted molar refractivity (Wildman–Crippen MR) is 135 cm³/mol. The van der Waals surface area contributed by atoms with E-state index in [1.165, 1.54) is 0 Å². The van der Waals surface area contributed by atoms with Crippen molar-refractivity contribution < 1.29 is 4.79 Å². The number of rotatable bonds is 6. The molecular weight excluding hydrogens is 424 g/mol. The Morgan fingerprint density at radius 1 is 0.912 bits per heavy atom. The van der Waals surface area contributed by atoms with Crippen LogP contribution in [0.3, 0.4) is 0 Å². The average Bonchev–Trinajstić information content (AvgIpc) is 2.90. The normalized spacial score (nSPS) is 15.9. The molecule has 0 spiro atoms. The van der Waals surface area contributed by atoms with Gasteiger partial charge in [0.05, 0.1) is 23.5 Å². The lowest BCUT2D eigenvalue weighted by molar-refractivity contribution is -0.125. The summed E-state index contributed by atoms with van der Waals surface area (Å²) in [6.45, 7) is 2.19. The van der Waals surface area contributed by atoms with E-state index < -0.39 is 0 Å². The fourth-order valence-corrected chi connectivity index (χ4v) is 4.62. The highest BCUT2D eigenvalue weighted by Gasteiger charge is 2.28. The van der Waals surface area contributed by atoms with E-state index in [2.05, 4.69) is 5.32 Å². The zero-order valence-electron chi connectivity index (χ0n) is 19.1. The maximum absolute atomic E-state index is 13.6. The summed E-state index contributed by atoms with van der Waals surface area (Å²) in [6, 6.07) is 27.6. The first-order valence-electron chi connectivity index (χ1n) is 11.8. The van der Waals surface area contributed by atoms with Crippen molar-refractivity contribution in [2.75, 3.05) is 18.0 Å². The van der Waals surface area contributed by atoms with E-state index in [0.29, 0.717) is 32.0 Å². The number of carbonyl (C=O) groups is 1. The van der Waals surface area contributed by atoms with Crippen molar-refractivity contribution >= 4 is 22.8 Å². The first-order chi connectivity index (χ1) is 16.7. The van der Waals surface area contributed by atoms with Crippen LogP contribution < -0.4 is 15.8 Å². The molecule has 1 aliphatic rings. The van der Waals surface area contributed by atoms with Gasteiger partial charge in [-0.3, -0.25) is 14.2 Å². The van der Waals surface area contributed by atoms with Crippen LogP contribution in [-0.2, 0) is 17.9 Å². The summed E-state index contributed by atoms with van der Waals surface area (Å²) >= 11 is 0. The molecule has 5 rings (SSSR count). The van der Waals surface area contributed by atoms with Gasteiger partial charge in [0, 0.05) is 19.6 Å². The maximum Gasteiger partial charge on any atom is 0.294 e. The van der Waals surface area contributed by atoms with Crippen LogP contribution in [0.15, 0.2) is 89.7 Å². The number of fused-ring (bicyclic) bond motifs is 1. The minimum atomic E-state index is -0.173. The van der Waals surface area contributed by atoms with E-state index in [1.807, 2.05) is 89.8 Å². The molecule has 0 saturated carbocycles. The second kappa shape index (κ2) is 9.91. The van der Waals surface area contributed by atoms with Gasteiger partial charge in [-0.2, -0.15) is 0 Å². The highest BCUT2D eigenvalue weighted by molar-refractivity contribution is 5.80. The van der Waals surface area contributed by atoms with Crippen LogP contribution >= 0.6 is 0 Å². The van der Waals surface area contributed by atoms with Gasteiger partial charge in [0.1, 0.15) is 0 Å². The minimum Gasteiger partial charge on any atom is -0.352 e. The van der Waals surface area contributed by atoms with Gasteiger partial charge in [-0.1, -0.05) is 72.8 Å². The predicted octanol–water partition coefficient (Wildman–Crippen LogP) is 3.98. The molecule has 1 aliphatic heterocycles. The number of carbonyl (C=O) groups excluding carboxylic acids is 1. The quantitative estimate of drug-likeness (QED) is 0.481. The SMILES string of the molecule is O=C(NCc1ccccc1)[C@@H]1CCCN(c2nc3ccccc3n(Cc3ccccc3)c2=O)C1. The minimum absolute atomic E-state index is 0.0268. The summed E-state index contributed by atoms with van der Waals surface area (Å²) in [7, 11) is 0. The van der Waals surface area contributed by atoms with Crippen LogP contribution in [-0.4, -0.2) is 28.5 Å². The van der Waals surface area contributed by atoms with Gasteiger partial charge in [0.2, 0.25) is 5.91 Å². The number of piperidine rings is 1. The molecule has 1 N–H and O–H groups in total. The molecule has 0 aliphatic carbocycles. The van der Waals surface area contributed by atoms with E-state index in [1.54, 1.807) is 4.57 Å². The molecular formula is C28H28N4O2. The lowest BCUT2D eigenvalue weighted by atomic mass is 9.97. The topological polar surface area (TPSA) is 67.2 Å². The second-order valence-corrected chi connectivity index (χ2v) is 8.79. The summed E-state index contributed by atoms with van der Waals surface area (Å²) in [5.74, 6) is 0.279.